The highest BCUT2D eigenvalue weighted by atomic mass is 35.5. The van der Waals surface area contributed by atoms with Crippen LogP contribution in [0.25, 0.3) is 0 Å². The first-order chi connectivity index (χ1) is 15.8. The first kappa shape index (κ1) is 27.5. The minimum Gasteiger partial charge on any atom is -0.436 e. The zero-order valence-electron chi connectivity index (χ0n) is 19.3. The standard InChI is InChI=1S/C24H25ClF3N3O2S/c1-6-17(34)9-10-20-21(8-7-11-29-20)33-23-18(25)13-19(26)22(30-23)31(16(4)32)15(3)12-14(2)24(5,27)28/h7-8,11-13H,3,6,9-10H2,1-2,4-5H3/b14-12+. The van der Waals surface area contributed by atoms with Gasteiger partial charge in [-0.25, -0.2) is 13.2 Å². The molecule has 0 N–H and O–H groups in total. The highest BCUT2D eigenvalue weighted by Crippen LogP contribution is 2.35. The zero-order valence-corrected chi connectivity index (χ0v) is 20.9. The molecule has 182 valence electrons. The Morgan fingerprint density at radius 2 is 2.06 bits per heavy atom. The Balaban J connectivity index is 2.46. The molecule has 0 fully saturated rings. The van der Waals surface area contributed by atoms with Gasteiger partial charge in [-0.3, -0.25) is 14.7 Å². The predicted octanol–water partition coefficient (Wildman–Crippen LogP) is 7.24. The van der Waals surface area contributed by atoms with Crippen LogP contribution in [0.2, 0.25) is 5.02 Å². The third kappa shape index (κ3) is 7.11. The number of hydrogen-bond acceptors (Lipinski definition) is 5. The van der Waals surface area contributed by atoms with Crippen molar-refractivity contribution in [3.63, 3.8) is 0 Å². The molecule has 2 aromatic heterocycles. The molecule has 10 heteroatoms. The summed E-state index contributed by atoms with van der Waals surface area (Å²) in [6, 6.07) is 4.22. The lowest BCUT2D eigenvalue weighted by molar-refractivity contribution is -0.116. The minimum absolute atomic E-state index is 0.152. The number of pyridine rings is 2. The van der Waals surface area contributed by atoms with Gasteiger partial charge in [-0.05, 0) is 54.8 Å². The molecule has 0 aromatic carbocycles. The van der Waals surface area contributed by atoms with Crippen LogP contribution in [-0.2, 0) is 11.2 Å². The summed E-state index contributed by atoms with van der Waals surface area (Å²) in [5, 5.41) is -0.152. The number of halogens is 4. The molecule has 0 bridgehead atoms. The number of ether oxygens (including phenoxy) is 1. The van der Waals surface area contributed by atoms with E-state index in [1.54, 1.807) is 18.3 Å². The quantitative estimate of drug-likeness (QED) is 0.248. The number of nitrogens with zero attached hydrogens (tertiary/aromatic N) is 3. The summed E-state index contributed by atoms with van der Waals surface area (Å²) in [6.45, 7) is 8.62. The number of carbonyl (C=O) groups excluding carboxylic acids is 1. The van der Waals surface area contributed by atoms with E-state index in [4.69, 9.17) is 28.6 Å². The molecule has 0 radical (unpaired) electrons. The molecule has 0 saturated heterocycles. The van der Waals surface area contributed by atoms with Crippen LogP contribution in [0.5, 0.6) is 11.6 Å². The van der Waals surface area contributed by atoms with E-state index in [-0.39, 0.29) is 22.2 Å². The second-order valence-electron chi connectivity index (χ2n) is 7.58. The SMILES string of the molecule is C=C(/C=C(\C)C(C)(F)F)N(C(C)=O)c1nc(Oc2cccnc2CCC(=S)CC)c(Cl)cc1F. The molecule has 34 heavy (non-hydrogen) atoms. The average Bonchev–Trinajstić information content (AvgIpc) is 2.75. The third-order valence-electron chi connectivity index (χ3n) is 4.86. The number of alkyl halides is 2. The van der Waals surface area contributed by atoms with E-state index >= 15 is 0 Å². The van der Waals surface area contributed by atoms with Crippen molar-refractivity contribution < 1.29 is 22.7 Å². The smallest absolute Gasteiger partial charge is 0.266 e. The number of thiocarbonyl (C=S) groups is 1. The number of carbonyl (C=O) groups is 1. The van der Waals surface area contributed by atoms with Gasteiger partial charge in [0.2, 0.25) is 11.8 Å². The van der Waals surface area contributed by atoms with E-state index in [0.29, 0.717) is 31.2 Å². The Kier molecular flexibility index (Phi) is 9.35. The summed E-state index contributed by atoms with van der Waals surface area (Å²) >= 11 is 11.4. The van der Waals surface area contributed by atoms with Gasteiger partial charge in [0, 0.05) is 31.8 Å². The van der Waals surface area contributed by atoms with Gasteiger partial charge in [0.1, 0.15) is 5.02 Å². The van der Waals surface area contributed by atoms with E-state index in [0.717, 1.165) is 35.3 Å². The lowest BCUT2D eigenvalue weighted by Crippen LogP contribution is -2.29. The van der Waals surface area contributed by atoms with Crippen molar-refractivity contribution >= 4 is 40.4 Å². The fourth-order valence-electron chi connectivity index (χ4n) is 2.84. The number of amides is 1. The van der Waals surface area contributed by atoms with Crippen molar-refractivity contribution in [1.29, 1.82) is 0 Å². The van der Waals surface area contributed by atoms with Crippen LogP contribution in [0.1, 0.15) is 46.2 Å². The Morgan fingerprint density at radius 3 is 2.65 bits per heavy atom. The van der Waals surface area contributed by atoms with Crippen LogP contribution in [0.4, 0.5) is 19.0 Å². The maximum Gasteiger partial charge on any atom is 0.266 e. The second kappa shape index (κ2) is 11.6. The Morgan fingerprint density at radius 1 is 1.38 bits per heavy atom. The molecule has 0 unspecified atom stereocenters. The van der Waals surface area contributed by atoms with E-state index < -0.39 is 23.5 Å². The topological polar surface area (TPSA) is 55.3 Å². The van der Waals surface area contributed by atoms with Gasteiger partial charge < -0.3 is 4.74 Å². The van der Waals surface area contributed by atoms with Crippen molar-refractivity contribution in [1.82, 2.24) is 9.97 Å². The van der Waals surface area contributed by atoms with Gasteiger partial charge >= 0.3 is 0 Å². The number of anilines is 1. The molecule has 1 amide bonds. The van der Waals surface area contributed by atoms with E-state index in [1.165, 1.54) is 6.92 Å². The van der Waals surface area contributed by atoms with Crippen LogP contribution < -0.4 is 9.64 Å². The molecule has 0 aliphatic rings. The molecule has 2 heterocycles. The van der Waals surface area contributed by atoms with Crippen molar-refractivity contribution in [2.24, 2.45) is 0 Å². The van der Waals surface area contributed by atoms with Crippen molar-refractivity contribution in [3.8, 4) is 11.6 Å². The maximum absolute atomic E-state index is 14.8. The van der Waals surface area contributed by atoms with Crippen LogP contribution in [0.15, 0.2) is 48.3 Å². The van der Waals surface area contributed by atoms with Crippen LogP contribution in [-0.4, -0.2) is 26.7 Å². The monoisotopic (exact) mass is 511 g/mol. The summed E-state index contributed by atoms with van der Waals surface area (Å²) < 4.78 is 47.8. The van der Waals surface area contributed by atoms with Crippen molar-refractivity contribution in [3.05, 3.63) is 64.9 Å². The number of aromatic nitrogens is 2. The normalized spacial score (nSPS) is 11.8. The number of hydrogen-bond donors (Lipinski definition) is 0. The second-order valence-corrected chi connectivity index (χ2v) is 8.57. The fourth-order valence-corrected chi connectivity index (χ4v) is 3.12. The Hall–Kier alpha value is -2.78. The third-order valence-corrected chi connectivity index (χ3v) is 5.62. The van der Waals surface area contributed by atoms with Crippen LogP contribution in [0.3, 0.4) is 0 Å². The highest BCUT2D eigenvalue weighted by Gasteiger charge is 2.27. The molecule has 0 saturated carbocycles. The molecular weight excluding hydrogens is 487 g/mol. The minimum atomic E-state index is -3.15. The first-order valence-corrected chi connectivity index (χ1v) is 11.2. The molecule has 2 aromatic rings. The summed E-state index contributed by atoms with van der Waals surface area (Å²) in [5.74, 6) is -5.14. The summed E-state index contributed by atoms with van der Waals surface area (Å²) in [6.07, 6.45) is 4.49. The first-order valence-electron chi connectivity index (χ1n) is 10.4. The van der Waals surface area contributed by atoms with Crippen LogP contribution >= 0.6 is 23.8 Å². The number of aryl methyl sites for hydroxylation is 1. The fraction of sp³-hybridized carbons (Fsp3) is 0.333. The molecular formula is C24H25ClF3N3O2S. The molecule has 5 nitrogen and oxygen atoms in total. The molecule has 2 rings (SSSR count). The molecule has 0 aliphatic carbocycles. The van der Waals surface area contributed by atoms with Crippen LogP contribution in [0, 0.1) is 5.82 Å². The van der Waals surface area contributed by atoms with Gasteiger partial charge in [-0.15, -0.1) is 0 Å². The average molecular weight is 512 g/mol. The van der Waals surface area contributed by atoms with E-state index in [2.05, 4.69) is 16.5 Å². The van der Waals surface area contributed by atoms with Gasteiger partial charge in [-0.1, -0.05) is 37.3 Å². The van der Waals surface area contributed by atoms with E-state index in [1.807, 2.05) is 6.92 Å². The van der Waals surface area contributed by atoms with E-state index in [9.17, 15) is 18.0 Å². The Labute approximate surface area is 207 Å². The Bertz CT molecular complexity index is 1130. The number of rotatable bonds is 10. The summed E-state index contributed by atoms with van der Waals surface area (Å²) in [5.41, 5.74) is 0.0412. The largest absolute Gasteiger partial charge is 0.436 e. The molecule has 0 spiro atoms. The number of allylic oxidation sites excluding steroid dienone is 2. The molecule has 0 aliphatic heterocycles. The van der Waals surface area contributed by atoms with Gasteiger partial charge in [-0.2, -0.15) is 4.98 Å². The van der Waals surface area contributed by atoms with Gasteiger partial charge in [0.25, 0.3) is 5.92 Å². The van der Waals surface area contributed by atoms with Crippen molar-refractivity contribution in [2.45, 2.75) is 52.9 Å². The molecule has 0 atom stereocenters. The predicted molar refractivity (Wildman–Crippen MR) is 131 cm³/mol. The lowest BCUT2D eigenvalue weighted by Gasteiger charge is -2.23. The van der Waals surface area contributed by atoms with Gasteiger partial charge in [0.05, 0.1) is 5.69 Å². The summed E-state index contributed by atoms with van der Waals surface area (Å²) in [4.78, 5) is 22.3. The summed E-state index contributed by atoms with van der Waals surface area (Å²) in [7, 11) is 0. The van der Waals surface area contributed by atoms with Crippen molar-refractivity contribution in [2.75, 3.05) is 4.90 Å². The van der Waals surface area contributed by atoms with Gasteiger partial charge in [0.15, 0.2) is 17.4 Å². The highest BCUT2D eigenvalue weighted by molar-refractivity contribution is 7.80. The maximum atomic E-state index is 14.8. The zero-order chi connectivity index (χ0) is 25.6. The lowest BCUT2D eigenvalue weighted by atomic mass is 10.1.